The first-order valence-electron chi connectivity index (χ1n) is 8.86. The Morgan fingerprint density at radius 2 is 1.76 bits per heavy atom. The van der Waals surface area contributed by atoms with Crippen LogP contribution in [0.5, 0.6) is 0 Å². The third kappa shape index (κ3) is 4.69. The van der Waals surface area contributed by atoms with Gasteiger partial charge in [-0.1, -0.05) is 24.3 Å². The first kappa shape index (κ1) is 17.2. The highest BCUT2D eigenvalue weighted by atomic mass is 16.1. The van der Waals surface area contributed by atoms with Gasteiger partial charge in [-0.3, -0.25) is 9.59 Å². The van der Waals surface area contributed by atoms with Crippen molar-refractivity contribution in [1.82, 2.24) is 0 Å². The van der Waals surface area contributed by atoms with Crippen LogP contribution in [0, 0.1) is 0 Å². The quantitative estimate of drug-likeness (QED) is 0.809. The number of benzene rings is 2. The summed E-state index contributed by atoms with van der Waals surface area (Å²) in [4.78, 5) is 25.9. The second-order valence-corrected chi connectivity index (χ2v) is 6.55. The Morgan fingerprint density at radius 1 is 1.04 bits per heavy atom. The lowest BCUT2D eigenvalue weighted by molar-refractivity contribution is -0.116. The van der Waals surface area contributed by atoms with Crippen LogP contribution in [-0.4, -0.2) is 24.8 Å². The largest absolute Gasteiger partial charge is 0.372 e. The molecule has 0 bridgehead atoms. The monoisotopic (exact) mass is 336 g/mol. The maximum atomic E-state index is 12.1. The zero-order valence-electron chi connectivity index (χ0n) is 14.6. The first-order chi connectivity index (χ1) is 12.1. The van der Waals surface area contributed by atoms with Crippen molar-refractivity contribution in [1.29, 1.82) is 0 Å². The molecule has 0 aromatic heterocycles. The average molecular weight is 336 g/mol. The summed E-state index contributed by atoms with van der Waals surface area (Å²) in [5.74, 6) is -0.0430. The molecule has 0 atom stereocenters. The molecule has 1 heterocycles. The number of carbonyl (C=O) groups excluding carboxylic acids is 2. The summed E-state index contributed by atoms with van der Waals surface area (Å²) in [5.41, 5.74) is 3.71. The molecule has 2 aromatic carbocycles. The van der Waals surface area contributed by atoms with Gasteiger partial charge < -0.3 is 10.2 Å². The van der Waals surface area contributed by atoms with E-state index in [4.69, 9.17) is 0 Å². The second-order valence-electron chi connectivity index (χ2n) is 6.55. The van der Waals surface area contributed by atoms with Crippen molar-refractivity contribution >= 4 is 23.1 Å². The highest BCUT2D eigenvalue weighted by Gasteiger charge is 2.12. The van der Waals surface area contributed by atoms with E-state index in [1.165, 1.54) is 25.5 Å². The Hall–Kier alpha value is -2.62. The van der Waals surface area contributed by atoms with Gasteiger partial charge in [-0.25, -0.2) is 0 Å². The van der Waals surface area contributed by atoms with Gasteiger partial charge in [0.15, 0.2) is 5.78 Å². The Labute approximate surface area is 148 Å². The minimum atomic E-state index is -0.0377. The van der Waals surface area contributed by atoms with Crippen LogP contribution in [0.4, 0.5) is 11.4 Å². The molecule has 1 amide bonds. The number of hydrogen-bond acceptors (Lipinski definition) is 3. The molecule has 0 saturated carbocycles. The molecule has 0 aliphatic carbocycles. The number of nitrogens with one attached hydrogen (secondary N) is 1. The number of hydrogen-bond donors (Lipinski definition) is 1. The fourth-order valence-corrected chi connectivity index (χ4v) is 3.15. The number of rotatable bonds is 6. The molecule has 0 radical (unpaired) electrons. The smallest absolute Gasteiger partial charge is 0.224 e. The average Bonchev–Trinajstić information content (AvgIpc) is 3.15. The molecule has 1 aliphatic heterocycles. The first-order valence-corrected chi connectivity index (χ1v) is 8.86. The molecule has 1 N–H and O–H groups in total. The number of amides is 1. The number of aryl methyl sites for hydroxylation is 1. The standard InChI is InChI=1S/C21H24N2O2/c1-16(24)18-5-4-6-19(15-18)22-21(25)12-9-17-7-10-20(11-8-17)23-13-2-3-14-23/h4-8,10-11,15H,2-3,9,12-14H2,1H3,(H,22,25). The van der Waals surface area contributed by atoms with E-state index in [9.17, 15) is 9.59 Å². The molecule has 3 rings (SSSR count). The normalized spacial score (nSPS) is 13.7. The van der Waals surface area contributed by atoms with Crippen molar-refractivity contribution in [3.63, 3.8) is 0 Å². The van der Waals surface area contributed by atoms with E-state index in [0.29, 0.717) is 24.1 Å². The number of ketones is 1. The van der Waals surface area contributed by atoms with Gasteiger partial charge in [0.25, 0.3) is 0 Å². The van der Waals surface area contributed by atoms with Gasteiger partial charge >= 0.3 is 0 Å². The minimum absolute atomic E-state index is 0.00538. The van der Waals surface area contributed by atoms with E-state index in [2.05, 4.69) is 34.5 Å². The van der Waals surface area contributed by atoms with Gasteiger partial charge in [0, 0.05) is 36.4 Å². The lowest BCUT2D eigenvalue weighted by Crippen LogP contribution is -2.17. The van der Waals surface area contributed by atoms with Crippen LogP contribution in [-0.2, 0) is 11.2 Å². The van der Waals surface area contributed by atoms with Crippen LogP contribution in [0.15, 0.2) is 48.5 Å². The fourth-order valence-electron chi connectivity index (χ4n) is 3.15. The van der Waals surface area contributed by atoms with Gasteiger partial charge in [0.1, 0.15) is 0 Å². The molecular formula is C21H24N2O2. The van der Waals surface area contributed by atoms with Gasteiger partial charge in [0.05, 0.1) is 0 Å². The van der Waals surface area contributed by atoms with Crippen LogP contribution in [0.2, 0.25) is 0 Å². The van der Waals surface area contributed by atoms with Crippen LogP contribution < -0.4 is 10.2 Å². The highest BCUT2D eigenvalue weighted by Crippen LogP contribution is 2.21. The maximum Gasteiger partial charge on any atom is 0.224 e. The Morgan fingerprint density at radius 3 is 2.44 bits per heavy atom. The Kier molecular flexibility index (Phi) is 5.49. The number of carbonyl (C=O) groups is 2. The van der Waals surface area contributed by atoms with E-state index < -0.39 is 0 Å². The molecule has 25 heavy (non-hydrogen) atoms. The van der Waals surface area contributed by atoms with Crippen molar-refractivity contribution in [3.8, 4) is 0 Å². The van der Waals surface area contributed by atoms with Gasteiger partial charge in [-0.15, -0.1) is 0 Å². The predicted molar refractivity (Wildman–Crippen MR) is 101 cm³/mol. The van der Waals surface area contributed by atoms with Crippen LogP contribution in [0.3, 0.4) is 0 Å². The summed E-state index contributed by atoms with van der Waals surface area (Å²) >= 11 is 0. The van der Waals surface area contributed by atoms with Gasteiger partial charge in [-0.05, 0) is 56.0 Å². The fraction of sp³-hybridized carbons (Fsp3) is 0.333. The van der Waals surface area contributed by atoms with Crippen LogP contribution in [0.1, 0.15) is 42.1 Å². The maximum absolute atomic E-state index is 12.1. The van der Waals surface area contributed by atoms with Gasteiger partial charge in [-0.2, -0.15) is 0 Å². The summed E-state index contributed by atoms with van der Waals surface area (Å²) in [6.07, 6.45) is 3.67. The lowest BCUT2D eigenvalue weighted by Gasteiger charge is -2.17. The number of anilines is 2. The molecular weight excluding hydrogens is 312 g/mol. The molecule has 1 aliphatic rings. The van der Waals surface area contributed by atoms with Gasteiger partial charge in [0.2, 0.25) is 5.91 Å². The molecule has 130 valence electrons. The lowest BCUT2D eigenvalue weighted by atomic mass is 10.1. The molecule has 4 nitrogen and oxygen atoms in total. The molecule has 2 aromatic rings. The summed E-state index contributed by atoms with van der Waals surface area (Å²) in [6, 6.07) is 15.6. The van der Waals surface area contributed by atoms with Crippen molar-refractivity contribution in [3.05, 3.63) is 59.7 Å². The Bertz CT molecular complexity index is 747. The van der Waals surface area contributed by atoms with E-state index in [0.717, 1.165) is 18.7 Å². The summed E-state index contributed by atoms with van der Waals surface area (Å²) in [6.45, 7) is 3.80. The number of nitrogens with zero attached hydrogens (tertiary/aromatic N) is 1. The zero-order chi connectivity index (χ0) is 17.6. The summed E-state index contributed by atoms with van der Waals surface area (Å²) < 4.78 is 0. The molecule has 4 heteroatoms. The van der Waals surface area contributed by atoms with Crippen molar-refractivity contribution in [2.45, 2.75) is 32.6 Å². The van der Waals surface area contributed by atoms with E-state index in [1.807, 2.05) is 0 Å². The third-order valence-electron chi connectivity index (χ3n) is 4.60. The van der Waals surface area contributed by atoms with Crippen molar-refractivity contribution in [2.24, 2.45) is 0 Å². The summed E-state index contributed by atoms with van der Waals surface area (Å²) in [7, 11) is 0. The molecule has 1 saturated heterocycles. The summed E-state index contributed by atoms with van der Waals surface area (Å²) in [5, 5.41) is 2.86. The van der Waals surface area contributed by atoms with E-state index >= 15 is 0 Å². The molecule has 0 spiro atoms. The van der Waals surface area contributed by atoms with E-state index in [1.54, 1.807) is 24.3 Å². The SMILES string of the molecule is CC(=O)c1cccc(NC(=O)CCc2ccc(N3CCCC3)cc2)c1. The topological polar surface area (TPSA) is 49.4 Å². The van der Waals surface area contributed by atoms with Crippen molar-refractivity contribution < 1.29 is 9.59 Å². The van der Waals surface area contributed by atoms with E-state index in [-0.39, 0.29) is 11.7 Å². The van der Waals surface area contributed by atoms with Crippen molar-refractivity contribution in [2.75, 3.05) is 23.3 Å². The predicted octanol–water partition coefficient (Wildman–Crippen LogP) is 4.06. The second kappa shape index (κ2) is 7.97. The minimum Gasteiger partial charge on any atom is -0.372 e. The highest BCUT2D eigenvalue weighted by molar-refractivity contribution is 5.97. The Balaban J connectivity index is 1.52. The van der Waals surface area contributed by atoms with Crippen LogP contribution >= 0.6 is 0 Å². The zero-order valence-corrected chi connectivity index (χ0v) is 14.6. The third-order valence-corrected chi connectivity index (χ3v) is 4.60. The number of Topliss-reactive ketones (excluding diaryl/α,β-unsaturated/α-hetero) is 1. The molecule has 0 unspecified atom stereocenters. The molecule has 1 fully saturated rings. The van der Waals surface area contributed by atoms with Crippen LogP contribution in [0.25, 0.3) is 0 Å².